The molecule has 1 aliphatic carbocycles. The van der Waals surface area contributed by atoms with Crippen LogP contribution in [0.2, 0.25) is 0 Å². The van der Waals surface area contributed by atoms with Crippen LogP contribution in [0.3, 0.4) is 0 Å². The zero-order valence-corrected chi connectivity index (χ0v) is 12.1. The number of rotatable bonds is 5. The SMILES string of the molecule is COc1ccc(C2(CNC3CC3)COC2)cc1Br. The molecule has 1 saturated heterocycles. The van der Waals surface area contributed by atoms with Crippen molar-refractivity contribution >= 4 is 15.9 Å². The van der Waals surface area contributed by atoms with Gasteiger partial charge in [0.05, 0.1) is 30.2 Å². The Kier molecular flexibility index (Phi) is 3.34. The van der Waals surface area contributed by atoms with Gasteiger partial charge in [0, 0.05) is 12.6 Å². The van der Waals surface area contributed by atoms with Crippen molar-refractivity contribution in [2.75, 3.05) is 26.9 Å². The van der Waals surface area contributed by atoms with Crippen LogP contribution in [0.25, 0.3) is 0 Å². The Morgan fingerprint density at radius 2 is 2.22 bits per heavy atom. The van der Waals surface area contributed by atoms with Crippen LogP contribution in [0, 0.1) is 0 Å². The summed E-state index contributed by atoms with van der Waals surface area (Å²) in [6.07, 6.45) is 2.65. The van der Waals surface area contributed by atoms with Crippen LogP contribution >= 0.6 is 15.9 Å². The Hall–Kier alpha value is -0.580. The maximum atomic E-state index is 5.46. The Morgan fingerprint density at radius 1 is 1.44 bits per heavy atom. The fourth-order valence-electron chi connectivity index (χ4n) is 2.34. The van der Waals surface area contributed by atoms with Gasteiger partial charge in [-0.1, -0.05) is 6.07 Å². The Balaban J connectivity index is 1.79. The summed E-state index contributed by atoms with van der Waals surface area (Å²) in [5, 5.41) is 3.62. The van der Waals surface area contributed by atoms with E-state index in [2.05, 4.69) is 33.4 Å². The third-order valence-electron chi connectivity index (χ3n) is 3.83. The number of halogens is 1. The van der Waals surface area contributed by atoms with Crippen LogP contribution in [0.15, 0.2) is 22.7 Å². The van der Waals surface area contributed by atoms with Gasteiger partial charge in [0.15, 0.2) is 0 Å². The molecular formula is C14H18BrNO2. The van der Waals surface area contributed by atoms with Crippen molar-refractivity contribution in [3.63, 3.8) is 0 Å². The monoisotopic (exact) mass is 311 g/mol. The predicted molar refractivity (Wildman–Crippen MR) is 74.2 cm³/mol. The number of benzene rings is 1. The van der Waals surface area contributed by atoms with Crippen LogP contribution in [0.4, 0.5) is 0 Å². The first-order chi connectivity index (χ1) is 8.73. The van der Waals surface area contributed by atoms with E-state index in [-0.39, 0.29) is 5.41 Å². The van der Waals surface area contributed by atoms with Gasteiger partial charge in [0.2, 0.25) is 0 Å². The van der Waals surface area contributed by atoms with E-state index >= 15 is 0 Å². The van der Waals surface area contributed by atoms with Crippen LogP contribution < -0.4 is 10.1 Å². The van der Waals surface area contributed by atoms with Gasteiger partial charge >= 0.3 is 0 Å². The lowest BCUT2D eigenvalue weighted by Gasteiger charge is -2.42. The fraction of sp³-hybridized carbons (Fsp3) is 0.571. The minimum atomic E-state index is 0.150. The molecule has 1 aromatic rings. The second-order valence-electron chi connectivity index (χ2n) is 5.28. The summed E-state index contributed by atoms with van der Waals surface area (Å²) >= 11 is 3.56. The topological polar surface area (TPSA) is 30.5 Å². The molecule has 3 rings (SSSR count). The summed E-state index contributed by atoms with van der Waals surface area (Å²) in [5.41, 5.74) is 1.48. The van der Waals surface area contributed by atoms with Crippen LogP contribution in [-0.2, 0) is 10.2 Å². The largest absolute Gasteiger partial charge is 0.496 e. The molecule has 0 spiro atoms. The third-order valence-corrected chi connectivity index (χ3v) is 4.45. The second-order valence-corrected chi connectivity index (χ2v) is 6.13. The Labute approximate surface area is 116 Å². The highest BCUT2D eigenvalue weighted by Gasteiger charge is 2.41. The molecule has 1 aliphatic heterocycles. The van der Waals surface area contributed by atoms with Gasteiger partial charge in [-0.25, -0.2) is 0 Å². The molecule has 98 valence electrons. The highest BCUT2D eigenvalue weighted by atomic mass is 79.9. The van der Waals surface area contributed by atoms with E-state index in [1.807, 2.05) is 6.07 Å². The highest BCUT2D eigenvalue weighted by Crippen LogP contribution is 2.36. The van der Waals surface area contributed by atoms with Crippen molar-refractivity contribution in [3.05, 3.63) is 28.2 Å². The number of methoxy groups -OCH3 is 1. The average Bonchev–Trinajstić information content (AvgIpc) is 3.12. The number of hydrogen-bond acceptors (Lipinski definition) is 3. The fourth-order valence-corrected chi connectivity index (χ4v) is 2.88. The van der Waals surface area contributed by atoms with Gasteiger partial charge in [-0.05, 0) is 46.5 Å². The quantitative estimate of drug-likeness (QED) is 0.906. The zero-order valence-electron chi connectivity index (χ0n) is 10.5. The Morgan fingerprint density at radius 3 is 2.72 bits per heavy atom. The minimum Gasteiger partial charge on any atom is -0.496 e. The molecule has 2 aliphatic rings. The van der Waals surface area contributed by atoms with E-state index < -0.39 is 0 Å². The van der Waals surface area contributed by atoms with E-state index in [1.165, 1.54) is 18.4 Å². The van der Waals surface area contributed by atoms with Gasteiger partial charge in [-0.15, -0.1) is 0 Å². The Bertz CT molecular complexity index is 441. The molecule has 18 heavy (non-hydrogen) atoms. The smallest absolute Gasteiger partial charge is 0.133 e. The molecule has 1 saturated carbocycles. The summed E-state index contributed by atoms with van der Waals surface area (Å²) in [4.78, 5) is 0. The van der Waals surface area contributed by atoms with Crippen molar-refractivity contribution in [1.82, 2.24) is 5.32 Å². The number of hydrogen-bond donors (Lipinski definition) is 1. The summed E-state index contributed by atoms with van der Waals surface area (Å²) in [6, 6.07) is 7.08. The molecule has 0 amide bonds. The van der Waals surface area contributed by atoms with Gasteiger partial charge in [-0.2, -0.15) is 0 Å². The summed E-state index contributed by atoms with van der Waals surface area (Å²) in [6.45, 7) is 2.63. The van der Waals surface area contributed by atoms with Gasteiger partial charge < -0.3 is 14.8 Å². The highest BCUT2D eigenvalue weighted by molar-refractivity contribution is 9.10. The molecule has 1 heterocycles. The minimum absolute atomic E-state index is 0.150. The third kappa shape index (κ3) is 2.29. The average molecular weight is 312 g/mol. The molecule has 0 atom stereocenters. The predicted octanol–water partition coefficient (Wildman–Crippen LogP) is 2.48. The van der Waals surface area contributed by atoms with Crippen molar-refractivity contribution in [3.8, 4) is 5.75 Å². The molecule has 3 nitrogen and oxygen atoms in total. The normalized spacial score (nSPS) is 21.4. The van der Waals surface area contributed by atoms with E-state index in [4.69, 9.17) is 9.47 Å². The first-order valence-corrected chi connectivity index (χ1v) is 7.18. The van der Waals surface area contributed by atoms with Crippen molar-refractivity contribution in [2.24, 2.45) is 0 Å². The van der Waals surface area contributed by atoms with Crippen molar-refractivity contribution in [1.29, 1.82) is 0 Å². The van der Waals surface area contributed by atoms with Gasteiger partial charge in [0.25, 0.3) is 0 Å². The van der Waals surface area contributed by atoms with Crippen LogP contribution in [0.1, 0.15) is 18.4 Å². The molecule has 4 heteroatoms. The molecule has 1 aromatic carbocycles. The standard InChI is InChI=1S/C14H18BrNO2/c1-17-13-5-2-10(6-12(13)15)14(8-18-9-14)7-16-11-3-4-11/h2,5-6,11,16H,3-4,7-9H2,1H3. The summed E-state index contributed by atoms with van der Waals surface area (Å²) < 4.78 is 11.7. The number of nitrogens with one attached hydrogen (secondary N) is 1. The maximum Gasteiger partial charge on any atom is 0.133 e. The van der Waals surface area contributed by atoms with E-state index in [1.54, 1.807) is 7.11 Å². The lowest BCUT2D eigenvalue weighted by atomic mass is 9.78. The van der Waals surface area contributed by atoms with Crippen molar-refractivity contribution in [2.45, 2.75) is 24.3 Å². The maximum absolute atomic E-state index is 5.46. The summed E-state index contributed by atoms with van der Waals surface area (Å²) in [7, 11) is 1.69. The van der Waals surface area contributed by atoms with Crippen molar-refractivity contribution < 1.29 is 9.47 Å². The van der Waals surface area contributed by atoms with Crippen LogP contribution in [-0.4, -0.2) is 32.9 Å². The van der Waals surface area contributed by atoms with Crippen LogP contribution in [0.5, 0.6) is 5.75 Å². The molecule has 0 bridgehead atoms. The molecule has 2 fully saturated rings. The van der Waals surface area contributed by atoms with Gasteiger partial charge in [0.1, 0.15) is 5.75 Å². The van der Waals surface area contributed by atoms with E-state index in [0.29, 0.717) is 0 Å². The molecule has 1 N–H and O–H groups in total. The van der Waals surface area contributed by atoms with E-state index in [0.717, 1.165) is 36.0 Å². The summed E-state index contributed by atoms with van der Waals surface area (Å²) in [5.74, 6) is 0.879. The molecule has 0 unspecified atom stereocenters. The number of ether oxygens (including phenoxy) is 2. The molecule has 0 aromatic heterocycles. The zero-order chi connectivity index (χ0) is 12.6. The second kappa shape index (κ2) is 4.83. The molecular weight excluding hydrogens is 294 g/mol. The first-order valence-electron chi connectivity index (χ1n) is 6.39. The lowest BCUT2D eigenvalue weighted by molar-refractivity contribution is -0.0592. The first kappa shape index (κ1) is 12.5. The molecule has 0 radical (unpaired) electrons. The lowest BCUT2D eigenvalue weighted by Crippen LogP contribution is -2.53. The van der Waals surface area contributed by atoms with E-state index in [9.17, 15) is 0 Å². The van der Waals surface area contributed by atoms with Gasteiger partial charge in [-0.3, -0.25) is 0 Å².